The monoisotopic (exact) mass is 438 g/mol. The average Bonchev–Trinajstić information content (AvgIpc) is 2.81. The second kappa shape index (κ2) is 9.87. The molecule has 0 saturated heterocycles. The zero-order valence-corrected chi connectivity index (χ0v) is 17.5. The Bertz CT molecular complexity index is 1070. The highest BCUT2D eigenvalue weighted by atomic mass is 19.3. The molecule has 2 heterocycles. The smallest absolute Gasteiger partial charge is 0.304 e. The second-order valence-electron chi connectivity index (χ2n) is 7.83. The zero-order valence-electron chi connectivity index (χ0n) is 17.5. The standard InChI is InChI=1S/C25H24F2N2O3/c26-25(27)19-3-1-17(2-4-19)16-32-21-8-5-18(6-9-21)22-10-7-20-15-29(14-12-24(30)31)13-11-23(20)28-22/h1-10,25H,11-16H2,(H,30,31). The summed E-state index contributed by atoms with van der Waals surface area (Å²) in [7, 11) is 0. The van der Waals surface area contributed by atoms with Crippen LogP contribution in [-0.4, -0.2) is 34.0 Å². The quantitative estimate of drug-likeness (QED) is 0.530. The molecule has 4 rings (SSSR count). The minimum atomic E-state index is -2.47. The molecule has 0 unspecified atom stereocenters. The van der Waals surface area contributed by atoms with Crippen molar-refractivity contribution in [2.24, 2.45) is 0 Å². The van der Waals surface area contributed by atoms with Crippen LogP contribution >= 0.6 is 0 Å². The lowest BCUT2D eigenvalue weighted by Crippen LogP contribution is -2.32. The van der Waals surface area contributed by atoms with Crippen molar-refractivity contribution in [2.45, 2.75) is 32.4 Å². The van der Waals surface area contributed by atoms with Crippen molar-refractivity contribution in [3.63, 3.8) is 0 Å². The molecule has 5 nitrogen and oxygen atoms in total. The third-order valence-electron chi connectivity index (χ3n) is 5.56. The van der Waals surface area contributed by atoms with Gasteiger partial charge in [0, 0.05) is 42.9 Å². The fourth-order valence-corrected chi connectivity index (χ4v) is 3.73. The second-order valence-corrected chi connectivity index (χ2v) is 7.83. The first-order valence-corrected chi connectivity index (χ1v) is 10.5. The molecule has 0 aliphatic carbocycles. The molecule has 0 spiro atoms. The normalized spacial score (nSPS) is 13.7. The molecule has 0 bridgehead atoms. The first-order chi connectivity index (χ1) is 15.5. The van der Waals surface area contributed by atoms with E-state index in [2.05, 4.69) is 11.0 Å². The Labute approximate surface area is 185 Å². The van der Waals surface area contributed by atoms with E-state index in [4.69, 9.17) is 14.8 Å². The molecule has 7 heteroatoms. The number of carbonyl (C=O) groups is 1. The molecular weight excluding hydrogens is 414 g/mol. The van der Waals surface area contributed by atoms with Crippen LogP contribution in [0.1, 0.15) is 35.2 Å². The van der Waals surface area contributed by atoms with E-state index in [-0.39, 0.29) is 12.0 Å². The summed E-state index contributed by atoms with van der Waals surface area (Å²) < 4.78 is 31.0. The molecule has 1 aliphatic heterocycles. The van der Waals surface area contributed by atoms with Gasteiger partial charge in [0.15, 0.2) is 0 Å². The number of carboxylic acid groups (broad SMARTS) is 1. The van der Waals surface area contributed by atoms with E-state index in [9.17, 15) is 13.6 Å². The Morgan fingerprint density at radius 1 is 1.06 bits per heavy atom. The first kappa shape index (κ1) is 21.9. The molecule has 1 aliphatic rings. The van der Waals surface area contributed by atoms with Crippen LogP contribution in [0.25, 0.3) is 11.3 Å². The molecule has 0 atom stereocenters. The summed E-state index contributed by atoms with van der Waals surface area (Å²) in [6.45, 7) is 2.38. The first-order valence-electron chi connectivity index (χ1n) is 10.5. The fraction of sp³-hybridized carbons (Fsp3) is 0.280. The van der Waals surface area contributed by atoms with Gasteiger partial charge in [0.25, 0.3) is 6.43 Å². The van der Waals surface area contributed by atoms with Crippen LogP contribution in [0.2, 0.25) is 0 Å². The number of nitrogens with zero attached hydrogens (tertiary/aromatic N) is 2. The predicted octanol–water partition coefficient (Wildman–Crippen LogP) is 5.10. The lowest BCUT2D eigenvalue weighted by Gasteiger charge is -2.27. The Morgan fingerprint density at radius 3 is 2.50 bits per heavy atom. The van der Waals surface area contributed by atoms with Crippen molar-refractivity contribution in [1.29, 1.82) is 0 Å². The van der Waals surface area contributed by atoms with Gasteiger partial charge in [-0.2, -0.15) is 0 Å². The van der Waals surface area contributed by atoms with Gasteiger partial charge in [-0.15, -0.1) is 0 Å². The summed E-state index contributed by atoms with van der Waals surface area (Å²) in [6.07, 6.45) is -1.52. The Balaban J connectivity index is 1.36. The summed E-state index contributed by atoms with van der Waals surface area (Å²) in [5.74, 6) is -0.0833. The SMILES string of the molecule is O=C(O)CCN1CCc2nc(-c3ccc(OCc4ccc(C(F)F)cc4)cc3)ccc2C1. The molecule has 1 N–H and O–H groups in total. The number of hydrogen-bond acceptors (Lipinski definition) is 4. The van der Waals surface area contributed by atoms with E-state index in [0.717, 1.165) is 47.6 Å². The highest BCUT2D eigenvalue weighted by molar-refractivity contribution is 5.66. The summed E-state index contributed by atoms with van der Waals surface area (Å²) in [5, 5.41) is 8.87. The maximum atomic E-state index is 12.6. The van der Waals surface area contributed by atoms with Gasteiger partial charge in [0.05, 0.1) is 12.1 Å². The predicted molar refractivity (Wildman–Crippen MR) is 117 cm³/mol. The Kier molecular flexibility index (Phi) is 6.75. The molecular formula is C25H24F2N2O3. The number of aromatic nitrogens is 1. The van der Waals surface area contributed by atoms with Gasteiger partial charge in [-0.3, -0.25) is 14.7 Å². The van der Waals surface area contributed by atoms with E-state index in [1.54, 1.807) is 12.1 Å². The lowest BCUT2D eigenvalue weighted by atomic mass is 10.0. The molecule has 32 heavy (non-hydrogen) atoms. The largest absolute Gasteiger partial charge is 0.489 e. The van der Waals surface area contributed by atoms with Gasteiger partial charge >= 0.3 is 5.97 Å². The Hall–Kier alpha value is -3.32. The number of halogens is 2. The van der Waals surface area contributed by atoms with Crippen molar-refractivity contribution in [3.8, 4) is 17.0 Å². The molecule has 0 amide bonds. The number of aliphatic carboxylic acids is 1. The van der Waals surface area contributed by atoms with Crippen LogP contribution in [0.4, 0.5) is 8.78 Å². The van der Waals surface area contributed by atoms with E-state index >= 15 is 0 Å². The van der Waals surface area contributed by atoms with Crippen LogP contribution in [0.15, 0.2) is 60.7 Å². The van der Waals surface area contributed by atoms with Crippen molar-refractivity contribution in [3.05, 3.63) is 83.0 Å². The van der Waals surface area contributed by atoms with Gasteiger partial charge in [0.1, 0.15) is 12.4 Å². The molecule has 0 radical (unpaired) electrons. The van der Waals surface area contributed by atoms with E-state index < -0.39 is 12.4 Å². The number of carboxylic acids is 1. The molecule has 3 aromatic rings. The number of ether oxygens (including phenoxy) is 1. The third-order valence-corrected chi connectivity index (χ3v) is 5.56. The van der Waals surface area contributed by atoms with E-state index in [1.807, 2.05) is 30.3 Å². The number of benzene rings is 2. The van der Waals surface area contributed by atoms with Gasteiger partial charge in [-0.05, 0) is 41.5 Å². The number of hydrogen-bond donors (Lipinski definition) is 1. The van der Waals surface area contributed by atoms with Crippen molar-refractivity contribution >= 4 is 5.97 Å². The van der Waals surface area contributed by atoms with Crippen molar-refractivity contribution in [2.75, 3.05) is 13.1 Å². The number of fused-ring (bicyclic) bond motifs is 1. The molecule has 0 fully saturated rings. The van der Waals surface area contributed by atoms with Gasteiger partial charge in [0.2, 0.25) is 0 Å². The molecule has 166 valence electrons. The van der Waals surface area contributed by atoms with Gasteiger partial charge < -0.3 is 9.84 Å². The molecule has 1 aromatic heterocycles. The average molecular weight is 438 g/mol. The zero-order chi connectivity index (χ0) is 22.5. The Morgan fingerprint density at radius 2 is 1.81 bits per heavy atom. The number of alkyl halides is 2. The van der Waals surface area contributed by atoms with Crippen LogP contribution in [0.5, 0.6) is 5.75 Å². The minimum absolute atomic E-state index is 0.00335. The van der Waals surface area contributed by atoms with Gasteiger partial charge in [-0.1, -0.05) is 30.3 Å². The summed E-state index contributed by atoms with van der Waals surface area (Å²) in [6, 6.07) is 17.8. The van der Waals surface area contributed by atoms with Crippen molar-refractivity contribution < 1.29 is 23.4 Å². The highest BCUT2D eigenvalue weighted by Crippen LogP contribution is 2.25. The number of rotatable bonds is 8. The van der Waals surface area contributed by atoms with Gasteiger partial charge in [-0.25, -0.2) is 8.78 Å². The summed E-state index contributed by atoms with van der Waals surface area (Å²) in [4.78, 5) is 17.7. The van der Waals surface area contributed by atoms with Crippen molar-refractivity contribution in [1.82, 2.24) is 9.88 Å². The molecule has 2 aromatic carbocycles. The highest BCUT2D eigenvalue weighted by Gasteiger charge is 2.18. The summed E-state index contributed by atoms with van der Waals surface area (Å²) in [5.41, 5.74) is 4.90. The number of pyridine rings is 1. The van der Waals surface area contributed by atoms with E-state index in [1.165, 1.54) is 12.1 Å². The minimum Gasteiger partial charge on any atom is -0.489 e. The fourth-order valence-electron chi connectivity index (χ4n) is 3.73. The van der Waals surface area contributed by atoms with Crippen LogP contribution in [-0.2, 0) is 24.4 Å². The van der Waals surface area contributed by atoms with Crippen LogP contribution < -0.4 is 4.74 Å². The summed E-state index contributed by atoms with van der Waals surface area (Å²) >= 11 is 0. The van der Waals surface area contributed by atoms with Crippen LogP contribution in [0, 0.1) is 0 Å². The maximum Gasteiger partial charge on any atom is 0.304 e. The molecule has 0 saturated carbocycles. The third kappa shape index (κ3) is 5.48. The maximum absolute atomic E-state index is 12.6. The van der Waals surface area contributed by atoms with E-state index in [0.29, 0.717) is 18.9 Å². The van der Waals surface area contributed by atoms with Crippen LogP contribution in [0.3, 0.4) is 0 Å². The topological polar surface area (TPSA) is 62.7 Å². The lowest BCUT2D eigenvalue weighted by molar-refractivity contribution is -0.137.